The average Bonchev–Trinajstić information content (AvgIpc) is 3.41. The highest BCUT2D eigenvalue weighted by Crippen LogP contribution is 2.30. The van der Waals surface area contributed by atoms with Crippen molar-refractivity contribution in [3.05, 3.63) is 20.8 Å². The fourth-order valence-electron chi connectivity index (χ4n) is 2.86. The number of nitrogens with two attached hydrogens (primary N) is 1. The van der Waals surface area contributed by atoms with Crippen LogP contribution in [0.2, 0.25) is 0 Å². The Morgan fingerprint density at radius 3 is 2.81 bits per heavy atom. The number of methoxy groups -OCH3 is 1. The van der Waals surface area contributed by atoms with Crippen molar-refractivity contribution >= 4 is 45.6 Å². The third-order valence-electron chi connectivity index (χ3n) is 4.48. The Morgan fingerprint density at radius 2 is 2.16 bits per heavy atom. The van der Waals surface area contributed by atoms with Gasteiger partial charge in [0.25, 0.3) is 5.56 Å². The Bertz CT molecular complexity index is 1030. The molecule has 0 atom stereocenters. The second-order valence-electron chi connectivity index (χ2n) is 7.62. The van der Waals surface area contributed by atoms with Crippen LogP contribution >= 0.6 is 23.1 Å². The Morgan fingerprint density at radius 1 is 1.42 bits per heavy atom. The second-order valence-corrected chi connectivity index (χ2v) is 9.82. The minimum absolute atomic E-state index is 0.0317. The van der Waals surface area contributed by atoms with Gasteiger partial charge in [0, 0.05) is 26.2 Å². The number of ether oxygens (including phenoxy) is 1. The van der Waals surface area contributed by atoms with Gasteiger partial charge in [-0.05, 0) is 18.8 Å². The van der Waals surface area contributed by atoms with Gasteiger partial charge in [-0.15, -0.1) is 10.2 Å². The van der Waals surface area contributed by atoms with Crippen molar-refractivity contribution in [2.45, 2.75) is 43.6 Å². The lowest BCUT2D eigenvalue weighted by molar-refractivity contribution is -0.116. The molecule has 1 aliphatic carbocycles. The molecule has 4 N–H and O–H groups in total. The molecule has 11 nitrogen and oxygen atoms in total. The van der Waals surface area contributed by atoms with E-state index in [-0.39, 0.29) is 42.2 Å². The van der Waals surface area contributed by atoms with Gasteiger partial charge >= 0.3 is 5.69 Å². The number of aromatic nitrogens is 4. The van der Waals surface area contributed by atoms with Crippen LogP contribution in [0.4, 0.5) is 16.6 Å². The van der Waals surface area contributed by atoms with Gasteiger partial charge < -0.3 is 20.7 Å². The van der Waals surface area contributed by atoms with Crippen molar-refractivity contribution in [1.29, 1.82) is 0 Å². The van der Waals surface area contributed by atoms with E-state index in [0.717, 1.165) is 18.0 Å². The van der Waals surface area contributed by atoms with E-state index in [1.807, 2.05) is 13.8 Å². The van der Waals surface area contributed by atoms with E-state index < -0.39 is 11.2 Å². The predicted molar refractivity (Wildman–Crippen MR) is 122 cm³/mol. The maximum absolute atomic E-state index is 13.0. The molecule has 0 bridgehead atoms. The number of amides is 1. The van der Waals surface area contributed by atoms with Crippen LogP contribution < -0.4 is 27.2 Å². The van der Waals surface area contributed by atoms with E-state index in [0.29, 0.717) is 16.9 Å². The number of carbonyl (C=O) groups excluding carboxylic acids is 1. The van der Waals surface area contributed by atoms with Gasteiger partial charge in [-0.1, -0.05) is 36.9 Å². The molecule has 170 valence electrons. The number of carbonyl (C=O) groups is 1. The fraction of sp³-hybridized carbons (Fsp3) is 0.611. The van der Waals surface area contributed by atoms with E-state index in [4.69, 9.17) is 10.5 Å². The van der Waals surface area contributed by atoms with Crippen LogP contribution in [-0.2, 0) is 16.1 Å². The van der Waals surface area contributed by atoms with Crippen LogP contribution in [0, 0.1) is 5.92 Å². The molecular weight excluding hydrogens is 442 g/mol. The SMILES string of the molecule is COCCN(C(=O)CSc1nnc(NC2CC2)s1)c1c(N)n(CC(C)C)c(=O)[nH]c1=O. The quantitative estimate of drug-likeness (QED) is 0.409. The molecule has 1 saturated carbocycles. The third-order valence-corrected chi connectivity index (χ3v) is 6.45. The fourth-order valence-corrected chi connectivity index (χ4v) is 4.56. The maximum atomic E-state index is 13.0. The number of hydrogen-bond acceptors (Lipinski definition) is 10. The molecule has 2 aromatic heterocycles. The largest absolute Gasteiger partial charge is 0.383 e. The van der Waals surface area contributed by atoms with Gasteiger partial charge in [0.1, 0.15) is 5.82 Å². The Kier molecular flexibility index (Phi) is 7.73. The van der Waals surface area contributed by atoms with Crippen molar-refractivity contribution in [3.63, 3.8) is 0 Å². The average molecular weight is 470 g/mol. The number of thioether (sulfide) groups is 1. The monoisotopic (exact) mass is 469 g/mol. The lowest BCUT2D eigenvalue weighted by Crippen LogP contribution is -2.43. The number of H-pyrrole nitrogens is 1. The molecule has 1 aliphatic rings. The predicted octanol–water partition coefficient (Wildman–Crippen LogP) is 0.972. The highest BCUT2D eigenvalue weighted by atomic mass is 32.2. The van der Waals surface area contributed by atoms with E-state index in [1.54, 1.807) is 0 Å². The molecule has 13 heteroatoms. The summed E-state index contributed by atoms with van der Waals surface area (Å²) in [6.07, 6.45) is 2.26. The zero-order chi connectivity index (χ0) is 22.5. The van der Waals surface area contributed by atoms with Crippen molar-refractivity contribution in [2.24, 2.45) is 5.92 Å². The number of nitrogens with one attached hydrogen (secondary N) is 2. The van der Waals surface area contributed by atoms with E-state index in [9.17, 15) is 14.4 Å². The van der Waals surface area contributed by atoms with Crippen LogP contribution in [-0.4, -0.2) is 57.7 Å². The van der Waals surface area contributed by atoms with E-state index >= 15 is 0 Å². The number of anilines is 3. The first kappa shape index (κ1) is 23.3. The molecule has 0 radical (unpaired) electrons. The minimum atomic E-state index is -0.705. The van der Waals surface area contributed by atoms with Crippen molar-refractivity contribution in [2.75, 3.05) is 42.0 Å². The zero-order valence-electron chi connectivity index (χ0n) is 17.7. The zero-order valence-corrected chi connectivity index (χ0v) is 19.3. The van der Waals surface area contributed by atoms with Crippen LogP contribution in [0.3, 0.4) is 0 Å². The molecule has 31 heavy (non-hydrogen) atoms. The standard InChI is InChI=1S/C18H27N7O4S2/c1-10(2)8-25-14(19)13(15(27)21-17(25)28)24(6-7-29-3)12(26)9-30-18-23-22-16(31-18)20-11-4-5-11/h10-11H,4-9,19H2,1-3H3,(H,20,22)(H,21,27,28). The summed E-state index contributed by atoms with van der Waals surface area (Å²) in [5.41, 5.74) is 4.83. The van der Waals surface area contributed by atoms with Gasteiger partial charge in [-0.3, -0.25) is 19.1 Å². The molecule has 2 heterocycles. The summed E-state index contributed by atoms with van der Waals surface area (Å²) >= 11 is 2.62. The van der Waals surface area contributed by atoms with Crippen molar-refractivity contribution < 1.29 is 9.53 Å². The van der Waals surface area contributed by atoms with Crippen LogP contribution in [0.5, 0.6) is 0 Å². The summed E-state index contributed by atoms with van der Waals surface area (Å²) in [7, 11) is 1.50. The Labute approximate surface area is 187 Å². The normalized spacial score (nSPS) is 13.5. The first-order chi connectivity index (χ1) is 14.8. The van der Waals surface area contributed by atoms with E-state index in [2.05, 4.69) is 20.5 Å². The topological polar surface area (TPSA) is 148 Å². The highest BCUT2D eigenvalue weighted by Gasteiger charge is 2.25. The molecule has 0 aromatic carbocycles. The second kappa shape index (κ2) is 10.3. The molecule has 1 fully saturated rings. The van der Waals surface area contributed by atoms with E-state index in [1.165, 1.54) is 39.7 Å². The first-order valence-corrected chi connectivity index (χ1v) is 11.7. The Balaban J connectivity index is 1.80. The Hall–Kier alpha value is -2.38. The smallest absolute Gasteiger partial charge is 0.330 e. The molecular formula is C18H27N7O4S2. The molecule has 0 unspecified atom stereocenters. The third kappa shape index (κ3) is 6.08. The molecule has 1 amide bonds. The van der Waals surface area contributed by atoms with Crippen LogP contribution in [0.15, 0.2) is 13.9 Å². The summed E-state index contributed by atoms with van der Waals surface area (Å²) in [6.45, 7) is 4.49. The molecule has 2 aromatic rings. The minimum Gasteiger partial charge on any atom is -0.383 e. The summed E-state index contributed by atoms with van der Waals surface area (Å²) < 4.78 is 7.03. The lowest BCUT2D eigenvalue weighted by Gasteiger charge is -2.24. The first-order valence-electron chi connectivity index (χ1n) is 9.94. The summed E-state index contributed by atoms with van der Waals surface area (Å²) in [5, 5.41) is 12.2. The molecule has 3 rings (SSSR count). The summed E-state index contributed by atoms with van der Waals surface area (Å²) in [6, 6.07) is 0.466. The maximum Gasteiger partial charge on any atom is 0.330 e. The number of hydrogen-bond donors (Lipinski definition) is 3. The van der Waals surface area contributed by atoms with Crippen LogP contribution in [0.1, 0.15) is 26.7 Å². The molecule has 0 saturated heterocycles. The van der Waals surface area contributed by atoms with Gasteiger partial charge in [-0.2, -0.15) is 0 Å². The van der Waals surface area contributed by atoms with Crippen molar-refractivity contribution in [3.8, 4) is 0 Å². The van der Waals surface area contributed by atoms with Gasteiger partial charge in [0.15, 0.2) is 10.0 Å². The summed E-state index contributed by atoms with van der Waals surface area (Å²) in [5.74, 6) is -0.234. The highest BCUT2D eigenvalue weighted by molar-refractivity contribution is 8.01. The molecule has 0 aliphatic heterocycles. The van der Waals surface area contributed by atoms with Gasteiger partial charge in [-0.25, -0.2) is 4.79 Å². The number of aromatic amines is 1. The lowest BCUT2D eigenvalue weighted by atomic mass is 10.2. The van der Waals surface area contributed by atoms with Crippen molar-refractivity contribution in [1.82, 2.24) is 19.7 Å². The summed E-state index contributed by atoms with van der Waals surface area (Å²) in [4.78, 5) is 41.4. The van der Waals surface area contributed by atoms with Crippen LogP contribution in [0.25, 0.3) is 0 Å². The molecule has 0 spiro atoms. The van der Waals surface area contributed by atoms with Gasteiger partial charge in [0.05, 0.1) is 12.4 Å². The number of rotatable bonds is 11. The number of nitrogen functional groups attached to an aromatic ring is 1. The van der Waals surface area contributed by atoms with Gasteiger partial charge in [0.2, 0.25) is 11.0 Å². The number of nitrogens with zero attached hydrogens (tertiary/aromatic N) is 4.